The number of hydrogen-bond acceptors (Lipinski definition) is 4. The standard InChI is InChI=1S/C10H11ClO3S2/c1-15-7-4-5(8(12)10(13)14)3-6(11)9(7)16-2/h3-4,8,12H,1-2H3,(H,13,14). The van der Waals surface area contributed by atoms with Gasteiger partial charge in [-0.2, -0.15) is 0 Å². The summed E-state index contributed by atoms with van der Waals surface area (Å²) in [7, 11) is 0. The Balaban J connectivity index is 3.25. The summed E-state index contributed by atoms with van der Waals surface area (Å²) >= 11 is 8.99. The van der Waals surface area contributed by atoms with E-state index in [1.807, 2.05) is 12.5 Å². The molecular weight excluding hydrogens is 268 g/mol. The average Bonchev–Trinajstić information content (AvgIpc) is 2.26. The normalized spacial score (nSPS) is 12.5. The van der Waals surface area contributed by atoms with Gasteiger partial charge >= 0.3 is 5.97 Å². The predicted molar refractivity (Wildman–Crippen MR) is 67.6 cm³/mol. The summed E-state index contributed by atoms with van der Waals surface area (Å²) in [5.41, 5.74) is 0.305. The van der Waals surface area contributed by atoms with Gasteiger partial charge in [0, 0.05) is 9.79 Å². The fourth-order valence-corrected chi connectivity index (χ4v) is 3.32. The van der Waals surface area contributed by atoms with E-state index in [2.05, 4.69) is 0 Å². The molecular formula is C10H11ClO3S2. The lowest BCUT2D eigenvalue weighted by Crippen LogP contribution is -2.10. The van der Waals surface area contributed by atoms with E-state index in [0.29, 0.717) is 10.6 Å². The molecule has 1 rings (SSSR count). The molecule has 0 aliphatic rings. The Morgan fingerprint density at radius 2 is 2.00 bits per heavy atom. The first-order chi connectivity index (χ1) is 7.51. The van der Waals surface area contributed by atoms with Crippen LogP contribution in [0.1, 0.15) is 11.7 Å². The number of aliphatic carboxylic acids is 1. The lowest BCUT2D eigenvalue weighted by molar-refractivity contribution is -0.146. The Hall–Kier alpha value is -0.360. The van der Waals surface area contributed by atoms with Crippen LogP contribution in [0.25, 0.3) is 0 Å². The summed E-state index contributed by atoms with van der Waals surface area (Å²) in [6, 6.07) is 3.15. The van der Waals surface area contributed by atoms with Gasteiger partial charge < -0.3 is 10.2 Å². The molecule has 0 heterocycles. The second-order valence-corrected chi connectivity index (χ2v) is 5.05. The van der Waals surface area contributed by atoms with Crippen molar-refractivity contribution in [3.05, 3.63) is 22.7 Å². The highest BCUT2D eigenvalue weighted by atomic mass is 35.5. The van der Waals surface area contributed by atoms with Crippen molar-refractivity contribution in [3.8, 4) is 0 Å². The van der Waals surface area contributed by atoms with Gasteiger partial charge in [-0.05, 0) is 30.2 Å². The van der Waals surface area contributed by atoms with Crippen molar-refractivity contribution in [2.24, 2.45) is 0 Å². The summed E-state index contributed by atoms with van der Waals surface area (Å²) in [4.78, 5) is 12.4. The molecule has 88 valence electrons. The highest BCUT2D eigenvalue weighted by Crippen LogP contribution is 2.37. The zero-order valence-corrected chi connectivity index (χ0v) is 11.1. The minimum absolute atomic E-state index is 0.305. The van der Waals surface area contributed by atoms with E-state index in [9.17, 15) is 9.90 Å². The van der Waals surface area contributed by atoms with Crippen LogP contribution in [-0.4, -0.2) is 28.7 Å². The van der Waals surface area contributed by atoms with E-state index < -0.39 is 12.1 Å². The Labute approximate surface area is 107 Å². The molecule has 1 aromatic carbocycles. The minimum Gasteiger partial charge on any atom is -0.479 e. The first-order valence-electron chi connectivity index (χ1n) is 4.33. The fraction of sp³-hybridized carbons (Fsp3) is 0.300. The topological polar surface area (TPSA) is 57.5 Å². The van der Waals surface area contributed by atoms with Crippen molar-refractivity contribution >= 4 is 41.1 Å². The molecule has 0 saturated heterocycles. The van der Waals surface area contributed by atoms with Crippen LogP contribution in [0.4, 0.5) is 0 Å². The molecule has 16 heavy (non-hydrogen) atoms. The maximum Gasteiger partial charge on any atom is 0.337 e. The van der Waals surface area contributed by atoms with Crippen molar-refractivity contribution in [2.45, 2.75) is 15.9 Å². The summed E-state index contributed by atoms with van der Waals surface area (Å²) in [5.74, 6) is -1.28. The number of rotatable bonds is 4. The molecule has 0 bridgehead atoms. The number of thioether (sulfide) groups is 2. The Kier molecular flexibility index (Phi) is 4.98. The summed E-state index contributed by atoms with van der Waals surface area (Å²) in [6.45, 7) is 0. The highest BCUT2D eigenvalue weighted by molar-refractivity contribution is 8.01. The van der Waals surface area contributed by atoms with Crippen LogP contribution in [0, 0.1) is 0 Å². The molecule has 0 aromatic heterocycles. The third kappa shape index (κ3) is 2.85. The molecule has 0 saturated carbocycles. The van der Waals surface area contributed by atoms with Crippen molar-refractivity contribution in [2.75, 3.05) is 12.5 Å². The van der Waals surface area contributed by atoms with Crippen LogP contribution in [0.5, 0.6) is 0 Å². The van der Waals surface area contributed by atoms with Gasteiger partial charge in [-0.15, -0.1) is 23.5 Å². The van der Waals surface area contributed by atoms with E-state index >= 15 is 0 Å². The largest absolute Gasteiger partial charge is 0.479 e. The van der Waals surface area contributed by atoms with Crippen molar-refractivity contribution in [1.29, 1.82) is 0 Å². The van der Waals surface area contributed by atoms with Gasteiger partial charge in [-0.3, -0.25) is 0 Å². The van der Waals surface area contributed by atoms with Crippen molar-refractivity contribution < 1.29 is 15.0 Å². The number of aliphatic hydroxyl groups is 1. The van der Waals surface area contributed by atoms with Gasteiger partial charge in [0.1, 0.15) is 0 Å². The Morgan fingerprint density at radius 3 is 2.44 bits per heavy atom. The molecule has 0 spiro atoms. The molecule has 0 radical (unpaired) electrons. The molecule has 0 aliphatic carbocycles. The number of carbonyl (C=O) groups is 1. The quantitative estimate of drug-likeness (QED) is 0.830. The predicted octanol–water partition coefficient (Wildman–Crippen LogP) is 2.90. The monoisotopic (exact) mass is 278 g/mol. The number of aliphatic hydroxyl groups excluding tert-OH is 1. The van der Waals surface area contributed by atoms with Crippen LogP contribution in [0.15, 0.2) is 21.9 Å². The lowest BCUT2D eigenvalue weighted by Gasteiger charge is -2.12. The lowest BCUT2D eigenvalue weighted by atomic mass is 10.1. The molecule has 0 amide bonds. The minimum atomic E-state index is -1.53. The van der Waals surface area contributed by atoms with Gasteiger partial charge in [0.15, 0.2) is 6.10 Å². The number of carboxylic acids is 1. The van der Waals surface area contributed by atoms with Crippen molar-refractivity contribution in [1.82, 2.24) is 0 Å². The second kappa shape index (κ2) is 5.82. The maximum absolute atomic E-state index is 10.7. The molecule has 1 unspecified atom stereocenters. The third-order valence-corrected chi connectivity index (χ3v) is 4.15. The summed E-state index contributed by atoms with van der Waals surface area (Å²) in [6.07, 6.45) is 2.25. The SMILES string of the molecule is CSc1cc(C(O)C(=O)O)cc(Cl)c1SC. The van der Waals surface area contributed by atoms with Crippen LogP contribution in [0.3, 0.4) is 0 Å². The Morgan fingerprint density at radius 1 is 1.38 bits per heavy atom. The van der Waals surface area contributed by atoms with Crippen LogP contribution in [-0.2, 0) is 4.79 Å². The summed E-state index contributed by atoms with van der Waals surface area (Å²) < 4.78 is 0. The Bertz CT molecular complexity index is 409. The molecule has 2 N–H and O–H groups in total. The van der Waals surface area contributed by atoms with Gasteiger partial charge in [0.25, 0.3) is 0 Å². The van der Waals surface area contributed by atoms with E-state index in [4.69, 9.17) is 16.7 Å². The van der Waals surface area contributed by atoms with Crippen LogP contribution >= 0.6 is 35.1 Å². The number of carboxylic acid groups (broad SMARTS) is 1. The van der Waals surface area contributed by atoms with E-state index in [-0.39, 0.29) is 0 Å². The zero-order chi connectivity index (χ0) is 12.3. The molecule has 0 aliphatic heterocycles. The van der Waals surface area contributed by atoms with Gasteiger partial charge in [-0.1, -0.05) is 11.6 Å². The first-order valence-corrected chi connectivity index (χ1v) is 7.16. The maximum atomic E-state index is 10.7. The van der Waals surface area contributed by atoms with Crippen LogP contribution < -0.4 is 0 Å². The first kappa shape index (κ1) is 13.7. The highest BCUT2D eigenvalue weighted by Gasteiger charge is 2.19. The second-order valence-electron chi connectivity index (χ2n) is 2.98. The summed E-state index contributed by atoms with van der Waals surface area (Å²) in [5, 5.41) is 18.6. The third-order valence-electron chi connectivity index (χ3n) is 2.01. The van der Waals surface area contributed by atoms with Gasteiger partial charge in [0.2, 0.25) is 0 Å². The number of hydrogen-bond donors (Lipinski definition) is 2. The number of benzene rings is 1. The van der Waals surface area contributed by atoms with E-state index in [1.165, 1.54) is 29.6 Å². The van der Waals surface area contributed by atoms with Crippen molar-refractivity contribution in [3.63, 3.8) is 0 Å². The van der Waals surface area contributed by atoms with Gasteiger partial charge in [0.05, 0.1) is 5.02 Å². The smallest absolute Gasteiger partial charge is 0.337 e. The van der Waals surface area contributed by atoms with E-state index in [0.717, 1.165) is 9.79 Å². The van der Waals surface area contributed by atoms with E-state index in [1.54, 1.807) is 6.07 Å². The zero-order valence-electron chi connectivity index (χ0n) is 8.73. The molecule has 0 fully saturated rings. The van der Waals surface area contributed by atoms with Gasteiger partial charge in [-0.25, -0.2) is 4.79 Å². The molecule has 6 heteroatoms. The average molecular weight is 279 g/mol. The molecule has 3 nitrogen and oxygen atoms in total. The fourth-order valence-electron chi connectivity index (χ4n) is 1.24. The molecule has 1 atom stereocenters. The number of halogens is 1. The molecule has 1 aromatic rings. The van der Waals surface area contributed by atoms with Crippen LogP contribution in [0.2, 0.25) is 5.02 Å².